The van der Waals surface area contributed by atoms with Crippen molar-refractivity contribution >= 4 is 63.4 Å². The van der Waals surface area contributed by atoms with E-state index >= 15 is 0 Å². The van der Waals surface area contributed by atoms with Crippen molar-refractivity contribution in [1.82, 2.24) is 19.5 Å². The van der Waals surface area contributed by atoms with Crippen LogP contribution in [0, 0.1) is 0 Å². The molecule has 0 radical (unpaired) electrons. The van der Waals surface area contributed by atoms with Crippen LogP contribution in [-0.2, 0) is 19.6 Å². The Morgan fingerprint density at radius 3 is 1.94 bits per heavy atom. The van der Waals surface area contributed by atoms with Crippen LogP contribution in [0.25, 0.3) is 11.2 Å². The first-order chi connectivity index (χ1) is 17.0. The number of nitrogens with zero attached hydrogens (tertiary/aromatic N) is 5. The Kier molecular flexibility index (Phi) is 7.12. The molecule has 2 aromatic heterocycles. The van der Waals surface area contributed by atoms with Gasteiger partial charge in [-0.1, -0.05) is 88.9 Å². The molecule has 5 rings (SSSR count). The lowest BCUT2D eigenvalue weighted by atomic mass is 10.1. The van der Waals surface area contributed by atoms with Crippen molar-refractivity contribution in [3.05, 3.63) is 116 Å². The van der Waals surface area contributed by atoms with Gasteiger partial charge in [0.15, 0.2) is 17.0 Å². The normalized spacial score (nSPS) is 11.2. The van der Waals surface area contributed by atoms with Gasteiger partial charge in [0, 0.05) is 44.3 Å². The molecule has 0 atom stereocenters. The fourth-order valence-corrected chi connectivity index (χ4v) is 4.99. The molecular formula is C26H19Cl4N5. The number of fused-ring (bicyclic) bond motifs is 1. The van der Waals surface area contributed by atoms with Crippen molar-refractivity contribution in [2.45, 2.75) is 19.6 Å². The highest BCUT2D eigenvalue weighted by molar-refractivity contribution is 6.36. The summed E-state index contributed by atoms with van der Waals surface area (Å²) in [5, 5.41) is 2.37. The molecule has 0 unspecified atom stereocenters. The van der Waals surface area contributed by atoms with Crippen LogP contribution in [0.5, 0.6) is 0 Å². The second kappa shape index (κ2) is 10.4. The Bertz CT molecular complexity index is 1450. The molecule has 3 aromatic carbocycles. The van der Waals surface area contributed by atoms with Gasteiger partial charge >= 0.3 is 0 Å². The van der Waals surface area contributed by atoms with Gasteiger partial charge in [-0.15, -0.1) is 0 Å². The van der Waals surface area contributed by atoms with E-state index in [2.05, 4.69) is 32.0 Å². The fourth-order valence-electron chi connectivity index (χ4n) is 3.95. The van der Waals surface area contributed by atoms with Crippen LogP contribution in [0.4, 0.5) is 5.82 Å². The third kappa shape index (κ3) is 5.09. The summed E-state index contributed by atoms with van der Waals surface area (Å²) in [4.78, 5) is 15.9. The van der Waals surface area contributed by atoms with Gasteiger partial charge in [0.25, 0.3) is 0 Å². The van der Waals surface area contributed by atoms with E-state index in [-0.39, 0.29) is 0 Å². The van der Waals surface area contributed by atoms with Crippen molar-refractivity contribution in [3.63, 3.8) is 0 Å². The number of anilines is 1. The van der Waals surface area contributed by atoms with Crippen molar-refractivity contribution in [3.8, 4) is 0 Å². The molecule has 5 aromatic rings. The molecule has 0 aliphatic heterocycles. The number of aromatic nitrogens is 4. The van der Waals surface area contributed by atoms with Crippen molar-refractivity contribution < 1.29 is 0 Å². The van der Waals surface area contributed by atoms with Crippen LogP contribution in [0.1, 0.15) is 16.7 Å². The summed E-state index contributed by atoms with van der Waals surface area (Å²) in [5.74, 6) is 0.679. The lowest BCUT2D eigenvalue weighted by Crippen LogP contribution is -2.24. The Morgan fingerprint density at radius 2 is 1.29 bits per heavy atom. The van der Waals surface area contributed by atoms with Gasteiger partial charge in [0.05, 0.1) is 12.9 Å². The van der Waals surface area contributed by atoms with E-state index in [4.69, 9.17) is 46.4 Å². The smallest absolute Gasteiger partial charge is 0.165 e. The third-order valence-corrected chi connectivity index (χ3v) is 7.11. The van der Waals surface area contributed by atoms with Gasteiger partial charge in [0.2, 0.25) is 0 Å². The number of halogens is 4. The van der Waals surface area contributed by atoms with Gasteiger partial charge in [-0.25, -0.2) is 15.0 Å². The number of hydrogen-bond donors (Lipinski definition) is 0. The second-order valence-electron chi connectivity index (χ2n) is 7.98. The first-order valence-electron chi connectivity index (χ1n) is 10.8. The highest BCUT2D eigenvalue weighted by Crippen LogP contribution is 2.31. The van der Waals surface area contributed by atoms with Gasteiger partial charge in [0.1, 0.15) is 6.33 Å². The van der Waals surface area contributed by atoms with E-state index < -0.39 is 0 Å². The maximum absolute atomic E-state index is 6.52. The topological polar surface area (TPSA) is 46.8 Å². The lowest BCUT2D eigenvalue weighted by Gasteiger charge is -2.25. The molecule has 0 spiro atoms. The highest BCUT2D eigenvalue weighted by Gasteiger charge is 2.20. The van der Waals surface area contributed by atoms with Crippen LogP contribution >= 0.6 is 46.4 Å². The quantitative estimate of drug-likeness (QED) is 0.211. The van der Waals surface area contributed by atoms with E-state index in [1.54, 1.807) is 6.33 Å². The van der Waals surface area contributed by atoms with Gasteiger partial charge in [-0.3, -0.25) is 0 Å². The third-order valence-electron chi connectivity index (χ3n) is 5.70. The van der Waals surface area contributed by atoms with Gasteiger partial charge in [-0.2, -0.15) is 0 Å². The summed E-state index contributed by atoms with van der Waals surface area (Å²) in [5.41, 5.74) is 4.08. The summed E-state index contributed by atoms with van der Waals surface area (Å²) in [6, 6.07) is 21.1. The van der Waals surface area contributed by atoms with Crippen molar-refractivity contribution in [1.29, 1.82) is 0 Å². The molecule has 176 valence electrons. The zero-order chi connectivity index (χ0) is 24.4. The molecule has 2 heterocycles. The molecule has 35 heavy (non-hydrogen) atoms. The van der Waals surface area contributed by atoms with E-state index in [9.17, 15) is 0 Å². The Labute approximate surface area is 222 Å². The maximum atomic E-state index is 6.52. The number of imidazole rings is 1. The predicted octanol–water partition coefficient (Wildman–Crippen LogP) is 7.70. The summed E-state index contributed by atoms with van der Waals surface area (Å²) in [7, 11) is 0. The zero-order valence-corrected chi connectivity index (χ0v) is 21.4. The molecule has 0 N–H and O–H groups in total. The molecule has 0 aliphatic carbocycles. The van der Waals surface area contributed by atoms with Crippen LogP contribution in [0.3, 0.4) is 0 Å². The minimum absolute atomic E-state index is 0.431. The van der Waals surface area contributed by atoms with Crippen molar-refractivity contribution in [2.75, 3.05) is 4.90 Å². The first-order valence-corrected chi connectivity index (χ1v) is 12.3. The van der Waals surface area contributed by atoms with E-state index in [1.807, 2.05) is 59.2 Å². The van der Waals surface area contributed by atoms with Crippen LogP contribution in [0.15, 0.2) is 79.4 Å². The average Bonchev–Trinajstić information content (AvgIpc) is 3.27. The van der Waals surface area contributed by atoms with Gasteiger partial charge in [-0.05, 0) is 29.8 Å². The number of benzene rings is 3. The van der Waals surface area contributed by atoms with Gasteiger partial charge < -0.3 is 9.47 Å². The first kappa shape index (κ1) is 23.9. The monoisotopic (exact) mass is 541 g/mol. The lowest BCUT2D eigenvalue weighted by molar-refractivity contribution is 0.783. The molecule has 0 amide bonds. The van der Waals surface area contributed by atoms with Crippen LogP contribution in [-0.4, -0.2) is 19.5 Å². The van der Waals surface area contributed by atoms with E-state index in [0.717, 1.165) is 16.7 Å². The molecule has 0 bridgehead atoms. The summed E-state index contributed by atoms with van der Waals surface area (Å²) >= 11 is 25.8. The Morgan fingerprint density at radius 1 is 0.657 bits per heavy atom. The van der Waals surface area contributed by atoms with Crippen LogP contribution < -0.4 is 4.90 Å². The molecule has 0 aliphatic rings. The van der Waals surface area contributed by atoms with E-state index in [0.29, 0.717) is 56.7 Å². The maximum Gasteiger partial charge on any atom is 0.165 e. The zero-order valence-electron chi connectivity index (χ0n) is 18.4. The second-order valence-corrected chi connectivity index (χ2v) is 9.61. The molecule has 0 fully saturated rings. The van der Waals surface area contributed by atoms with Crippen molar-refractivity contribution in [2.24, 2.45) is 0 Å². The standard InChI is InChI=1S/C26H19Cl4N5/c27-20-8-4-9-21(28)18(20)13-34(12-17-6-2-1-3-7-17)25-24-26(32-15-31-25)35(16-33-24)14-19-22(29)10-5-11-23(19)30/h1-11,15-16H,12-14H2. The highest BCUT2D eigenvalue weighted by atomic mass is 35.5. The number of hydrogen-bond acceptors (Lipinski definition) is 4. The van der Waals surface area contributed by atoms with Crippen LogP contribution in [0.2, 0.25) is 20.1 Å². The molecule has 5 nitrogen and oxygen atoms in total. The Balaban J connectivity index is 1.57. The summed E-state index contributed by atoms with van der Waals surface area (Å²) in [6.45, 7) is 1.46. The number of rotatable bonds is 7. The Hall–Kier alpha value is -2.83. The molecule has 9 heteroatoms. The summed E-state index contributed by atoms with van der Waals surface area (Å²) in [6.07, 6.45) is 3.27. The minimum atomic E-state index is 0.431. The molecular weight excluding hydrogens is 524 g/mol. The minimum Gasteiger partial charge on any atom is -0.346 e. The molecule has 0 saturated carbocycles. The summed E-state index contributed by atoms with van der Waals surface area (Å²) < 4.78 is 1.91. The largest absolute Gasteiger partial charge is 0.346 e. The fraction of sp³-hybridized carbons (Fsp3) is 0.115. The average molecular weight is 543 g/mol. The SMILES string of the molecule is Clc1cccc(Cl)c1CN(Cc1ccccc1)c1ncnc2c1ncn2Cc1c(Cl)cccc1Cl. The predicted molar refractivity (Wildman–Crippen MR) is 144 cm³/mol. The molecule has 0 saturated heterocycles. The van der Waals surface area contributed by atoms with E-state index in [1.165, 1.54) is 6.33 Å².